The van der Waals surface area contributed by atoms with Crippen molar-refractivity contribution >= 4 is 42.9 Å². The highest BCUT2D eigenvalue weighted by atomic mass is 35.7. The molecule has 21 heavy (non-hydrogen) atoms. The predicted molar refractivity (Wildman–Crippen MR) is 72.0 cm³/mol. The van der Waals surface area contributed by atoms with Gasteiger partial charge in [-0.3, -0.25) is 4.79 Å². The van der Waals surface area contributed by atoms with E-state index in [0.29, 0.717) is 0 Å². The molecule has 1 unspecified atom stereocenters. The Morgan fingerprint density at radius 1 is 1.29 bits per heavy atom. The molecule has 0 N–H and O–H groups in total. The molecule has 116 valence electrons. The quantitative estimate of drug-likeness (QED) is 0.760. The molecule has 1 aromatic rings. The Morgan fingerprint density at radius 3 is 2.38 bits per heavy atom. The van der Waals surface area contributed by atoms with Gasteiger partial charge >= 0.3 is 6.18 Å². The van der Waals surface area contributed by atoms with Crippen LogP contribution in [0.5, 0.6) is 0 Å². The number of amides is 1. The fourth-order valence-electron chi connectivity index (χ4n) is 2.04. The summed E-state index contributed by atoms with van der Waals surface area (Å²) in [5.41, 5.74) is -1.27. The zero-order valence-corrected chi connectivity index (χ0v) is 12.5. The maximum Gasteiger partial charge on any atom is 0.417 e. The number of halogens is 5. The van der Waals surface area contributed by atoms with Crippen molar-refractivity contribution in [2.24, 2.45) is 0 Å². The second-order valence-corrected chi connectivity index (χ2v) is 7.73. The summed E-state index contributed by atoms with van der Waals surface area (Å²) >= 11 is 5.70. The van der Waals surface area contributed by atoms with E-state index >= 15 is 0 Å². The van der Waals surface area contributed by atoms with Crippen LogP contribution in [0.15, 0.2) is 18.2 Å². The summed E-state index contributed by atoms with van der Waals surface area (Å²) in [4.78, 5) is 12.7. The van der Waals surface area contributed by atoms with Gasteiger partial charge < -0.3 is 4.90 Å². The maximum atomic E-state index is 12.8. The minimum absolute atomic E-state index is 0.181. The standard InChI is InChI=1S/C11H8Cl2F3NO3S/c12-10-7(11(14,15)16)2-1-3-8(10)17-5-6(4-9(17)18)21(13,19)20/h1-3,6H,4-5H2. The molecule has 1 heterocycles. The van der Waals surface area contributed by atoms with Crippen molar-refractivity contribution < 1.29 is 26.4 Å². The van der Waals surface area contributed by atoms with Crippen molar-refractivity contribution in [1.29, 1.82) is 0 Å². The van der Waals surface area contributed by atoms with E-state index in [1.165, 1.54) is 6.07 Å². The third-order valence-corrected chi connectivity index (χ3v) is 5.33. The smallest absolute Gasteiger partial charge is 0.310 e. The normalized spacial score (nSPS) is 20.1. The monoisotopic (exact) mass is 361 g/mol. The maximum absolute atomic E-state index is 12.8. The van der Waals surface area contributed by atoms with Gasteiger partial charge in [-0.2, -0.15) is 13.2 Å². The number of hydrogen-bond acceptors (Lipinski definition) is 3. The highest BCUT2D eigenvalue weighted by molar-refractivity contribution is 8.14. The van der Waals surface area contributed by atoms with Crippen LogP contribution in [-0.4, -0.2) is 26.1 Å². The Labute approximate surface area is 127 Å². The lowest BCUT2D eigenvalue weighted by Crippen LogP contribution is -2.27. The first-order valence-corrected chi connectivity index (χ1v) is 8.36. The SMILES string of the molecule is O=C1CC(S(=O)(=O)Cl)CN1c1cccc(C(F)(F)F)c1Cl. The highest BCUT2D eigenvalue weighted by Crippen LogP contribution is 2.40. The summed E-state index contributed by atoms with van der Waals surface area (Å²) in [6.07, 6.45) is -5.06. The summed E-state index contributed by atoms with van der Waals surface area (Å²) < 4.78 is 60.8. The van der Waals surface area contributed by atoms with Crippen molar-refractivity contribution in [1.82, 2.24) is 0 Å². The molecule has 4 nitrogen and oxygen atoms in total. The van der Waals surface area contributed by atoms with Gasteiger partial charge in [0.1, 0.15) is 5.25 Å². The summed E-state index contributed by atoms with van der Waals surface area (Å²) in [5, 5.41) is -1.82. The van der Waals surface area contributed by atoms with Crippen LogP contribution in [0, 0.1) is 0 Å². The number of anilines is 1. The van der Waals surface area contributed by atoms with Crippen LogP contribution in [-0.2, 0) is 20.0 Å². The van der Waals surface area contributed by atoms with Gasteiger partial charge in [-0.1, -0.05) is 17.7 Å². The molecule has 0 radical (unpaired) electrons. The van der Waals surface area contributed by atoms with Crippen molar-refractivity contribution in [3.05, 3.63) is 28.8 Å². The molecule has 1 aromatic carbocycles. The van der Waals surface area contributed by atoms with Gasteiger partial charge in [0, 0.05) is 23.6 Å². The second kappa shape index (κ2) is 5.33. The fraction of sp³-hybridized carbons (Fsp3) is 0.364. The van der Waals surface area contributed by atoms with E-state index in [9.17, 15) is 26.4 Å². The summed E-state index contributed by atoms with van der Waals surface area (Å²) in [5.74, 6) is -0.648. The number of carbonyl (C=O) groups excluding carboxylic acids is 1. The lowest BCUT2D eigenvalue weighted by atomic mass is 10.2. The number of benzene rings is 1. The number of hydrogen-bond donors (Lipinski definition) is 0. The third kappa shape index (κ3) is 3.27. The first kappa shape index (κ1) is 16.4. The molecule has 1 fully saturated rings. The van der Waals surface area contributed by atoms with Crippen molar-refractivity contribution in [3.8, 4) is 0 Å². The number of alkyl halides is 3. The molecule has 2 rings (SSSR count). The fourth-order valence-corrected chi connectivity index (χ4v) is 3.41. The van der Waals surface area contributed by atoms with Gasteiger partial charge in [-0.15, -0.1) is 0 Å². The Balaban J connectivity index is 2.42. The van der Waals surface area contributed by atoms with Crippen LogP contribution in [0.3, 0.4) is 0 Å². The van der Waals surface area contributed by atoms with Crippen LogP contribution in [0.2, 0.25) is 5.02 Å². The Hall–Kier alpha value is -0.990. The van der Waals surface area contributed by atoms with Crippen LogP contribution in [0.4, 0.5) is 18.9 Å². The molecule has 0 aliphatic carbocycles. The zero-order chi connectivity index (χ0) is 16.0. The topological polar surface area (TPSA) is 54.5 Å². The summed E-state index contributed by atoms with van der Waals surface area (Å²) in [6.45, 7) is -0.328. The van der Waals surface area contributed by atoms with E-state index in [1.54, 1.807) is 0 Å². The Morgan fingerprint density at radius 2 is 1.90 bits per heavy atom. The van der Waals surface area contributed by atoms with Crippen LogP contribution >= 0.6 is 22.3 Å². The van der Waals surface area contributed by atoms with E-state index < -0.39 is 43.4 Å². The molecule has 1 atom stereocenters. The van der Waals surface area contributed by atoms with Crippen LogP contribution in [0.1, 0.15) is 12.0 Å². The lowest BCUT2D eigenvalue weighted by Gasteiger charge is -2.20. The minimum atomic E-state index is -4.67. The molecule has 0 saturated carbocycles. The number of nitrogens with zero attached hydrogens (tertiary/aromatic N) is 1. The first-order valence-electron chi connectivity index (χ1n) is 5.61. The largest absolute Gasteiger partial charge is 0.417 e. The van der Waals surface area contributed by atoms with Gasteiger partial charge in [0.25, 0.3) is 0 Å². The zero-order valence-electron chi connectivity index (χ0n) is 10.2. The second-order valence-electron chi connectivity index (χ2n) is 4.44. The van der Waals surface area contributed by atoms with Gasteiger partial charge in [-0.05, 0) is 12.1 Å². The molecular formula is C11H8Cl2F3NO3S. The Bertz CT molecular complexity index is 690. The Kier molecular flexibility index (Phi) is 4.16. The lowest BCUT2D eigenvalue weighted by molar-refractivity contribution is -0.137. The van der Waals surface area contributed by atoms with Crippen LogP contribution < -0.4 is 4.90 Å². The van der Waals surface area contributed by atoms with E-state index in [4.69, 9.17) is 22.3 Å². The van der Waals surface area contributed by atoms with Gasteiger partial charge in [0.2, 0.25) is 15.0 Å². The van der Waals surface area contributed by atoms with Gasteiger partial charge in [0.05, 0.1) is 16.3 Å². The molecule has 0 spiro atoms. The molecule has 0 bridgehead atoms. The van der Waals surface area contributed by atoms with Crippen molar-refractivity contribution in [2.75, 3.05) is 11.4 Å². The molecule has 10 heteroatoms. The highest BCUT2D eigenvalue weighted by Gasteiger charge is 2.40. The molecular weight excluding hydrogens is 354 g/mol. The number of rotatable bonds is 2. The van der Waals surface area contributed by atoms with E-state index in [0.717, 1.165) is 17.0 Å². The molecule has 1 aliphatic heterocycles. The molecule has 0 aromatic heterocycles. The number of carbonyl (C=O) groups is 1. The van der Waals surface area contributed by atoms with Crippen LogP contribution in [0.25, 0.3) is 0 Å². The predicted octanol–water partition coefficient (Wildman–Crippen LogP) is 3.03. The van der Waals surface area contributed by atoms with E-state index in [1.807, 2.05) is 0 Å². The van der Waals surface area contributed by atoms with E-state index in [2.05, 4.69) is 0 Å². The summed E-state index contributed by atoms with van der Waals surface area (Å²) in [6, 6.07) is 3.10. The van der Waals surface area contributed by atoms with Crippen molar-refractivity contribution in [3.63, 3.8) is 0 Å². The van der Waals surface area contributed by atoms with Gasteiger partial charge in [-0.25, -0.2) is 8.42 Å². The first-order chi connectivity index (χ1) is 9.51. The average Bonchev–Trinajstić information content (AvgIpc) is 2.70. The van der Waals surface area contributed by atoms with Gasteiger partial charge in [0.15, 0.2) is 0 Å². The summed E-state index contributed by atoms with van der Waals surface area (Å²) in [7, 11) is 1.20. The minimum Gasteiger partial charge on any atom is -0.310 e. The molecule has 1 aliphatic rings. The van der Waals surface area contributed by atoms with E-state index in [-0.39, 0.29) is 12.2 Å². The average molecular weight is 362 g/mol. The third-order valence-electron chi connectivity index (χ3n) is 3.06. The van der Waals surface area contributed by atoms with Crippen molar-refractivity contribution in [2.45, 2.75) is 17.8 Å². The molecule has 1 amide bonds. The molecule has 1 saturated heterocycles.